The molecule has 0 aliphatic heterocycles. The van der Waals surface area contributed by atoms with Gasteiger partial charge in [-0.15, -0.1) is 0 Å². The summed E-state index contributed by atoms with van der Waals surface area (Å²) >= 11 is 0. The van der Waals surface area contributed by atoms with Gasteiger partial charge in [-0.2, -0.15) is 0 Å². The average Bonchev–Trinajstić information content (AvgIpc) is 3.21. The summed E-state index contributed by atoms with van der Waals surface area (Å²) in [6, 6.07) is 10.6. The predicted molar refractivity (Wildman–Crippen MR) is 111 cm³/mol. The molecule has 0 saturated heterocycles. The van der Waals surface area contributed by atoms with Crippen LogP contribution >= 0.6 is 0 Å². The first-order valence-electron chi connectivity index (χ1n) is 9.21. The summed E-state index contributed by atoms with van der Waals surface area (Å²) in [6.07, 6.45) is 1.55. The summed E-state index contributed by atoms with van der Waals surface area (Å²) in [6.45, 7) is 1.67. The van der Waals surface area contributed by atoms with E-state index in [-0.39, 0.29) is 17.1 Å². The fraction of sp³-hybridized carbons (Fsp3) is 0.136. The number of carbonyl (C=O) groups is 1. The number of halogens is 1. The number of methoxy groups -OCH3 is 2. The minimum absolute atomic E-state index is 0.0161. The van der Waals surface area contributed by atoms with Crippen molar-refractivity contribution in [3.05, 3.63) is 65.9 Å². The molecular weight excluding hydrogens is 405 g/mol. The maximum Gasteiger partial charge on any atom is 0.277 e. The smallest absolute Gasteiger partial charge is 0.277 e. The predicted octanol–water partition coefficient (Wildman–Crippen LogP) is 4.73. The van der Waals surface area contributed by atoms with Gasteiger partial charge >= 0.3 is 0 Å². The lowest BCUT2D eigenvalue weighted by atomic mass is 10.2. The quantitative estimate of drug-likeness (QED) is 0.479. The molecule has 0 atom stereocenters. The maximum absolute atomic E-state index is 14.7. The summed E-state index contributed by atoms with van der Waals surface area (Å²) in [4.78, 5) is 16.5. The van der Waals surface area contributed by atoms with Crippen molar-refractivity contribution in [1.82, 2.24) is 10.1 Å². The number of anilines is 1. The van der Waals surface area contributed by atoms with Crippen molar-refractivity contribution >= 4 is 22.5 Å². The monoisotopic (exact) mass is 423 g/mol. The molecule has 0 bridgehead atoms. The zero-order chi connectivity index (χ0) is 22.0. The number of nitrogens with zero attached hydrogens (tertiary/aromatic N) is 2. The van der Waals surface area contributed by atoms with Gasteiger partial charge < -0.3 is 24.1 Å². The Kier molecular flexibility index (Phi) is 5.40. The number of amides is 1. The second-order valence-corrected chi connectivity index (χ2v) is 6.56. The number of carbonyl (C=O) groups excluding carboxylic acids is 1. The highest BCUT2D eigenvalue weighted by molar-refractivity contribution is 6.02. The molecule has 2 heterocycles. The molecule has 0 unspecified atom stereocenters. The SMILES string of the molecule is COc1cc2nccc(Oc3ccc(NC(=O)c4cc(C)on4)cc3F)c2cc1OC. The van der Waals surface area contributed by atoms with Crippen LogP contribution in [-0.2, 0) is 0 Å². The van der Waals surface area contributed by atoms with Gasteiger partial charge in [0.1, 0.15) is 11.5 Å². The van der Waals surface area contributed by atoms with E-state index in [2.05, 4.69) is 15.5 Å². The number of hydrogen-bond acceptors (Lipinski definition) is 7. The van der Waals surface area contributed by atoms with E-state index in [9.17, 15) is 9.18 Å². The van der Waals surface area contributed by atoms with Crippen molar-refractivity contribution in [2.75, 3.05) is 19.5 Å². The summed E-state index contributed by atoms with van der Waals surface area (Å²) in [5, 5.41) is 6.82. The standard InChI is InChI=1S/C22H18FN3O5/c1-12-8-17(26-31-12)22(27)25-13-4-5-19(15(23)9-13)30-18-6-7-24-16-11-21(29-3)20(28-2)10-14(16)18/h4-11H,1-3H3,(H,25,27). The van der Waals surface area contributed by atoms with E-state index in [0.29, 0.717) is 33.9 Å². The van der Waals surface area contributed by atoms with Gasteiger partial charge in [0, 0.05) is 35.5 Å². The topological polar surface area (TPSA) is 95.7 Å². The fourth-order valence-electron chi connectivity index (χ4n) is 2.98. The summed E-state index contributed by atoms with van der Waals surface area (Å²) in [7, 11) is 3.05. The lowest BCUT2D eigenvalue weighted by molar-refractivity contribution is 0.101. The van der Waals surface area contributed by atoms with Gasteiger partial charge in [-0.05, 0) is 31.2 Å². The molecule has 0 aliphatic carbocycles. The van der Waals surface area contributed by atoms with Gasteiger partial charge in [-0.1, -0.05) is 5.16 Å². The Hall–Kier alpha value is -4.14. The molecule has 0 aliphatic rings. The first-order chi connectivity index (χ1) is 15.0. The zero-order valence-corrected chi connectivity index (χ0v) is 16.9. The molecule has 0 spiro atoms. The Balaban J connectivity index is 1.59. The number of pyridine rings is 1. The third-order valence-corrected chi connectivity index (χ3v) is 4.48. The van der Waals surface area contributed by atoms with Crippen LogP contribution < -0.4 is 19.5 Å². The number of rotatable bonds is 6. The Morgan fingerprint density at radius 2 is 1.77 bits per heavy atom. The molecule has 0 saturated carbocycles. The van der Waals surface area contributed by atoms with Crippen molar-refractivity contribution in [3.8, 4) is 23.0 Å². The van der Waals surface area contributed by atoms with E-state index in [4.69, 9.17) is 18.7 Å². The Morgan fingerprint density at radius 1 is 1.00 bits per heavy atom. The summed E-state index contributed by atoms with van der Waals surface area (Å²) < 4.78 is 36.0. The second-order valence-electron chi connectivity index (χ2n) is 6.56. The number of fused-ring (bicyclic) bond motifs is 1. The fourth-order valence-corrected chi connectivity index (χ4v) is 2.98. The lowest BCUT2D eigenvalue weighted by Gasteiger charge is -2.13. The largest absolute Gasteiger partial charge is 0.493 e. The summed E-state index contributed by atoms with van der Waals surface area (Å²) in [5.74, 6) is 0.726. The molecule has 158 valence electrons. The van der Waals surface area contributed by atoms with Crippen LogP contribution in [0.3, 0.4) is 0 Å². The molecule has 1 amide bonds. The van der Waals surface area contributed by atoms with Gasteiger partial charge in [0.05, 0.1) is 19.7 Å². The van der Waals surface area contributed by atoms with Gasteiger partial charge in [0.15, 0.2) is 28.8 Å². The molecule has 2 aromatic carbocycles. The van der Waals surface area contributed by atoms with Crippen LogP contribution in [0.5, 0.6) is 23.0 Å². The molecule has 4 aromatic rings. The van der Waals surface area contributed by atoms with Gasteiger partial charge in [-0.25, -0.2) is 4.39 Å². The number of hydrogen-bond donors (Lipinski definition) is 1. The summed E-state index contributed by atoms with van der Waals surface area (Å²) in [5.41, 5.74) is 0.953. The second kappa shape index (κ2) is 8.31. The van der Waals surface area contributed by atoms with Crippen LogP contribution in [0, 0.1) is 12.7 Å². The van der Waals surface area contributed by atoms with Gasteiger partial charge in [-0.3, -0.25) is 9.78 Å². The van der Waals surface area contributed by atoms with E-state index >= 15 is 0 Å². The number of aryl methyl sites for hydroxylation is 1. The number of nitrogens with one attached hydrogen (secondary N) is 1. The van der Waals surface area contributed by atoms with Crippen molar-refractivity contribution in [1.29, 1.82) is 0 Å². The molecule has 31 heavy (non-hydrogen) atoms. The molecule has 0 radical (unpaired) electrons. The number of benzene rings is 2. The number of ether oxygens (including phenoxy) is 3. The molecule has 1 N–H and O–H groups in total. The van der Waals surface area contributed by atoms with Crippen molar-refractivity contribution in [2.24, 2.45) is 0 Å². The highest BCUT2D eigenvalue weighted by Crippen LogP contribution is 2.37. The Morgan fingerprint density at radius 3 is 2.45 bits per heavy atom. The van der Waals surface area contributed by atoms with E-state index in [1.165, 1.54) is 32.4 Å². The molecule has 0 fully saturated rings. The normalized spacial score (nSPS) is 10.7. The third kappa shape index (κ3) is 4.11. The van der Waals surface area contributed by atoms with Crippen LogP contribution in [0.15, 0.2) is 53.2 Å². The minimum atomic E-state index is -0.653. The highest BCUT2D eigenvalue weighted by Gasteiger charge is 2.15. The van der Waals surface area contributed by atoms with E-state index in [1.807, 2.05) is 0 Å². The van der Waals surface area contributed by atoms with E-state index < -0.39 is 11.7 Å². The van der Waals surface area contributed by atoms with Gasteiger partial charge in [0.25, 0.3) is 5.91 Å². The maximum atomic E-state index is 14.7. The first kappa shape index (κ1) is 20.1. The first-order valence-corrected chi connectivity index (χ1v) is 9.21. The Labute approximate surface area is 176 Å². The van der Waals surface area contributed by atoms with Crippen LogP contribution in [0.2, 0.25) is 0 Å². The zero-order valence-electron chi connectivity index (χ0n) is 16.9. The van der Waals surface area contributed by atoms with Crippen molar-refractivity contribution < 1.29 is 27.9 Å². The third-order valence-electron chi connectivity index (χ3n) is 4.48. The minimum Gasteiger partial charge on any atom is -0.493 e. The van der Waals surface area contributed by atoms with Crippen LogP contribution in [0.1, 0.15) is 16.2 Å². The van der Waals surface area contributed by atoms with Crippen LogP contribution in [0.4, 0.5) is 10.1 Å². The molecular formula is C22H18FN3O5. The lowest BCUT2D eigenvalue weighted by Crippen LogP contribution is -2.12. The molecule has 2 aromatic heterocycles. The molecule has 9 heteroatoms. The Bertz CT molecular complexity index is 1270. The average molecular weight is 423 g/mol. The molecule has 8 nitrogen and oxygen atoms in total. The van der Waals surface area contributed by atoms with Crippen molar-refractivity contribution in [2.45, 2.75) is 6.92 Å². The highest BCUT2D eigenvalue weighted by atomic mass is 19.1. The van der Waals surface area contributed by atoms with E-state index in [1.54, 1.807) is 31.3 Å². The van der Waals surface area contributed by atoms with Crippen LogP contribution in [-0.4, -0.2) is 30.3 Å². The number of aromatic nitrogens is 2. The van der Waals surface area contributed by atoms with Crippen LogP contribution in [0.25, 0.3) is 10.9 Å². The van der Waals surface area contributed by atoms with Gasteiger partial charge in [0.2, 0.25) is 0 Å². The van der Waals surface area contributed by atoms with E-state index in [0.717, 1.165) is 6.07 Å². The van der Waals surface area contributed by atoms with Crippen molar-refractivity contribution in [3.63, 3.8) is 0 Å². The molecule has 4 rings (SSSR count).